The summed E-state index contributed by atoms with van der Waals surface area (Å²) < 4.78 is 10.4. The summed E-state index contributed by atoms with van der Waals surface area (Å²) in [5.41, 5.74) is 0.812. The number of quaternary nitrogens is 2. The van der Waals surface area contributed by atoms with Gasteiger partial charge in [-0.15, -0.1) is 0 Å². The molecule has 0 radical (unpaired) electrons. The molecule has 1 saturated heterocycles. The van der Waals surface area contributed by atoms with Crippen LogP contribution in [0.2, 0.25) is 0 Å². The molecular weight excluding hydrogens is 286 g/mol. The second-order valence-corrected chi connectivity index (χ2v) is 5.83. The van der Waals surface area contributed by atoms with Crippen LogP contribution in [-0.2, 0) is 6.54 Å². The van der Waals surface area contributed by atoms with Crippen LogP contribution < -0.4 is 19.3 Å². The number of ether oxygens (including phenoxy) is 2. The average molecular weight is 311 g/mol. The monoisotopic (exact) mass is 311 g/mol. The van der Waals surface area contributed by atoms with Gasteiger partial charge in [0.05, 0.1) is 50.9 Å². The van der Waals surface area contributed by atoms with Crippen LogP contribution in [0.15, 0.2) is 12.1 Å². The van der Waals surface area contributed by atoms with Gasteiger partial charge in [0.15, 0.2) is 11.5 Å². The summed E-state index contributed by atoms with van der Waals surface area (Å²) in [5.74, 6) is 0.938. The Morgan fingerprint density at radius 2 is 1.82 bits per heavy atom. The van der Waals surface area contributed by atoms with Gasteiger partial charge >= 0.3 is 0 Å². The zero-order valence-electron chi connectivity index (χ0n) is 13.5. The summed E-state index contributed by atoms with van der Waals surface area (Å²) in [6.07, 6.45) is 1.14. The highest BCUT2D eigenvalue weighted by molar-refractivity contribution is 5.54. The molecule has 0 amide bonds. The third kappa shape index (κ3) is 3.86. The lowest BCUT2D eigenvalue weighted by Crippen LogP contribution is -3.15. The molecule has 7 nitrogen and oxygen atoms in total. The van der Waals surface area contributed by atoms with Crippen molar-refractivity contribution in [1.82, 2.24) is 0 Å². The molecule has 1 aromatic rings. The van der Waals surface area contributed by atoms with Crippen molar-refractivity contribution in [3.8, 4) is 11.5 Å². The summed E-state index contributed by atoms with van der Waals surface area (Å²) >= 11 is 0. The molecule has 0 spiro atoms. The van der Waals surface area contributed by atoms with Crippen LogP contribution in [0.4, 0.5) is 5.69 Å². The van der Waals surface area contributed by atoms with Crippen molar-refractivity contribution >= 4 is 5.69 Å². The van der Waals surface area contributed by atoms with Gasteiger partial charge in [0.25, 0.3) is 5.69 Å². The van der Waals surface area contributed by atoms with Crippen LogP contribution in [0.1, 0.15) is 12.0 Å². The van der Waals surface area contributed by atoms with Crippen LogP contribution in [-0.4, -0.2) is 52.4 Å². The highest BCUT2D eigenvalue weighted by atomic mass is 16.6. The number of methoxy groups -OCH3 is 2. The SMILES string of the molecule is COc1cc(C[NH+]2CCC[NH+](C)CC2)c([N+](=O)[O-])cc1OC. The van der Waals surface area contributed by atoms with E-state index in [9.17, 15) is 10.1 Å². The Morgan fingerprint density at radius 3 is 2.45 bits per heavy atom. The number of nitrogens with zero attached hydrogens (tertiary/aromatic N) is 1. The molecule has 1 aromatic carbocycles. The second-order valence-electron chi connectivity index (χ2n) is 5.83. The second kappa shape index (κ2) is 7.42. The lowest BCUT2D eigenvalue weighted by atomic mass is 10.1. The molecule has 2 rings (SSSR count). The zero-order chi connectivity index (χ0) is 16.1. The zero-order valence-corrected chi connectivity index (χ0v) is 13.5. The molecule has 2 N–H and O–H groups in total. The first-order chi connectivity index (χ1) is 10.5. The Labute approximate surface area is 130 Å². The predicted molar refractivity (Wildman–Crippen MR) is 81.8 cm³/mol. The minimum atomic E-state index is -0.341. The molecule has 0 aliphatic carbocycles. The third-order valence-electron chi connectivity index (χ3n) is 4.26. The van der Waals surface area contributed by atoms with E-state index in [1.165, 1.54) is 23.0 Å². The van der Waals surface area contributed by atoms with Crippen molar-refractivity contribution in [2.24, 2.45) is 0 Å². The highest BCUT2D eigenvalue weighted by Crippen LogP contribution is 2.34. The van der Waals surface area contributed by atoms with Crippen molar-refractivity contribution in [2.75, 3.05) is 47.4 Å². The maximum absolute atomic E-state index is 11.3. The molecule has 22 heavy (non-hydrogen) atoms. The lowest BCUT2D eigenvalue weighted by Gasteiger charge is -2.17. The van der Waals surface area contributed by atoms with E-state index in [1.807, 2.05) is 0 Å². The molecular formula is C15H25N3O4+2. The van der Waals surface area contributed by atoms with Gasteiger partial charge in [0.1, 0.15) is 19.6 Å². The molecule has 1 aliphatic rings. The normalized spacial score (nSPS) is 22.0. The van der Waals surface area contributed by atoms with Crippen LogP contribution in [0.5, 0.6) is 11.5 Å². The fourth-order valence-electron chi connectivity index (χ4n) is 2.95. The van der Waals surface area contributed by atoms with Crippen molar-refractivity contribution in [3.05, 3.63) is 27.8 Å². The molecule has 1 fully saturated rings. The molecule has 0 saturated carbocycles. The van der Waals surface area contributed by atoms with Gasteiger partial charge in [-0.2, -0.15) is 0 Å². The number of benzene rings is 1. The summed E-state index contributed by atoms with van der Waals surface area (Å²) in [7, 11) is 5.23. The fourth-order valence-corrected chi connectivity index (χ4v) is 2.95. The third-order valence-corrected chi connectivity index (χ3v) is 4.26. The van der Waals surface area contributed by atoms with Crippen molar-refractivity contribution in [1.29, 1.82) is 0 Å². The maximum Gasteiger partial charge on any atom is 0.282 e. The van der Waals surface area contributed by atoms with E-state index in [0.29, 0.717) is 23.6 Å². The fraction of sp³-hybridized carbons (Fsp3) is 0.600. The summed E-state index contributed by atoms with van der Waals surface area (Å²) in [6.45, 7) is 4.97. The first kappa shape index (κ1) is 16.5. The molecule has 0 aromatic heterocycles. The van der Waals surface area contributed by atoms with Gasteiger partial charge < -0.3 is 19.3 Å². The molecule has 1 heterocycles. The number of hydrogen-bond acceptors (Lipinski definition) is 4. The number of nitrogens with one attached hydrogen (secondary N) is 2. The number of nitro benzene ring substituents is 1. The molecule has 122 valence electrons. The summed E-state index contributed by atoms with van der Waals surface area (Å²) in [5, 5.41) is 11.3. The molecule has 2 atom stereocenters. The van der Waals surface area contributed by atoms with E-state index in [0.717, 1.165) is 32.6 Å². The van der Waals surface area contributed by atoms with E-state index < -0.39 is 0 Å². The van der Waals surface area contributed by atoms with Gasteiger partial charge in [0, 0.05) is 6.42 Å². The van der Waals surface area contributed by atoms with Gasteiger partial charge in [-0.3, -0.25) is 10.1 Å². The largest absolute Gasteiger partial charge is 0.493 e. The number of nitro groups is 1. The summed E-state index contributed by atoms with van der Waals surface area (Å²) in [6, 6.07) is 3.20. The minimum Gasteiger partial charge on any atom is -0.493 e. The number of hydrogen-bond donors (Lipinski definition) is 2. The number of likely N-dealkylation sites (N-methyl/N-ethyl adjacent to an activating group) is 1. The van der Waals surface area contributed by atoms with Crippen LogP contribution in [0.3, 0.4) is 0 Å². The highest BCUT2D eigenvalue weighted by Gasteiger charge is 2.25. The van der Waals surface area contributed by atoms with E-state index in [1.54, 1.807) is 13.2 Å². The van der Waals surface area contributed by atoms with Gasteiger partial charge in [-0.05, 0) is 6.07 Å². The Balaban J connectivity index is 2.26. The maximum atomic E-state index is 11.3. The number of rotatable bonds is 5. The quantitative estimate of drug-likeness (QED) is 0.536. The van der Waals surface area contributed by atoms with Crippen LogP contribution in [0, 0.1) is 10.1 Å². The van der Waals surface area contributed by atoms with Gasteiger partial charge in [-0.1, -0.05) is 0 Å². The minimum absolute atomic E-state index is 0.107. The van der Waals surface area contributed by atoms with Crippen molar-refractivity contribution in [2.45, 2.75) is 13.0 Å². The standard InChI is InChI=1S/C15H23N3O4/c1-16-5-4-6-17(8-7-16)11-12-9-14(21-2)15(22-3)10-13(12)18(19)20/h9-10H,4-8,11H2,1-3H3/p+2. The van der Waals surface area contributed by atoms with E-state index in [-0.39, 0.29) is 10.6 Å². The van der Waals surface area contributed by atoms with Gasteiger partial charge in [0.2, 0.25) is 0 Å². The smallest absolute Gasteiger partial charge is 0.282 e. The van der Waals surface area contributed by atoms with Crippen molar-refractivity contribution in [3.63, 3.8) is 0 Å². The molecule has 7 heteroatoms. The Hall–Kier alpha value is -1.86. The Morgan fingerprint density at radius 1 is 1.14 bits per heavy atom. The first-order valence-corrected chi connectivity index (χ1v) is 7.59. The molecule has 2 unspecified atom stereocenters. The van der Waals surface area contributed by atoms with E-state index in [2.05, 4.69) is 7.05 Å². The topological polar surface area (TPSA) is 70.5 Å². The molecule has 0 bridgehead atoms. The van der Waals surface area contributed by atoms with Crippen LogP contribution in [0.25, 0.3) is 0 Å². The average Bonchev–Trinajstić information content (AvgIpc) is 2.71. The lowest BCUT2D eigenvalue weighted by molar-refractivity contribution is -0.938. The Kier molecular flexibility index (Phi) is 5.57. The Bertz CT molecular complexity index is 536. The first-order valence-electron chi connectivity index (χ1n) is 7.59. The van der Waals surface area contributed by atoms with Crippen LogP contribution >= 0.6 is 0 Å². The van der Waals surface area contributed by atoms with Crippen molar-refractivity contribution < 1.29 is 24.2 Å². The van der Waals surface area contributed by atoms with E-state index in [4.69, 9.17) is 9.47 Å². The summed E-state index contributed by atoms with van der Waals surface area (Å²) in [4.78, 5) is 13.9. The molecule has 1 aliphatic heterocycles. The van der Waals surface area contributed by atoms with Gasteiger partial charge in [-0.25, -0.2) is 0 Å². The predicted octanol–water partition coefficient (Wildman–Crippen LogP) is -1.08. The van der Waals surface area contributed by atoms with E-state index >= 15 is 0 Å².